The number of benzene rings is 1. The van der Waals surface area contributed by atoms with Gasteiger partial charge in [-0.05, 0) is 42.9 Å². The van der Waals surface area contributed by atoms with E-state index in [0.717, 1.165) is 6.42 Å². The number of nitrogens with one attached hydrogen (secondary N) is 1. The minimum absolute atomic E-state index is 0.0734. The first-order chi connectivity index (χ1) is 9.22. The number of carboxylic acid groups (broad SMARTS) is 1. The SMILES string of the molecule is Cc1c(C(=O)O)cc(Cl)cc1S(=O)(=O)NCC1CC1C. The molecule has 5 nitrogen and oxygen atoms in total. The van der Waals surface area contributed by atoms with Crippen molar-refractivity contribution in [1.29, 1.82) is 0 Å². The van der Waals surface area contributed by atoms with E-state index in [1.54, 1.807) is 0 Å². The summed E-state index contributed by atoms with van der Waals surface area (Å²) in [5.41, 5.74) is 0.0934. The molecule has 0 aliphatic heterocycles. The second-order valence-corrected chi connectivity index (χ2v) is 7.38. The molecule has 0 bridgehead atoms. The maximum absolute atomic E-state index is 12.3. The summed E-state index contributed by atoms with van der Waals surface area (Å²) in [5, 5.41) is 9.16. The van der Waals surface area contributed by atoms with Gasteiger partial charge in [0.15, 0.2) is 0 Å². The van der Waals surface area contributed by atoms with Gasteiger partial charge in [0, 0.05) is 11.6 Å². The van der Waals surface area contributed by atoms with Crippen LogP contribution in [0.4, 0.5) is 0 Å². The van der Waals surface area contributed by atoms with Crippen molar-refractivity contribution in [2.24, 2.45) is 11.8 Å². The van der Waals surface area contributed by atoms with Gasteiger partial charge in [-0.15, -0.1) is 0 Å². The molecule has 0 saturated heterocycles. The van der Waals surface area contributed by atoms with Crippen molar-refractivity contribution in [2.45, 2.75) is 25.2 Å². The van der Waals surface area contributed by atoms with Crippen LogP contribution in [0, 0.1) is 18.8 Å². The Kier molecular flexibility index (Phi) is 4.09. The predicted molar refractivity (Wildman–Crippen MR) is 75.6 cm³/mol. The Bertz CT molecular complexity index is 657. The third kappa shape index (κ3) is 3.13. The van der Waals surface area contributed by atoms with Crippen molar-refractivity contribution >= 4 is 27.6 Å². The molecule has 0 aromatic heterocycles. The second-order valence-electron chi connectivity index (χ2n) is 5.21. The Hall–Kier alpha value is -1.11. The van der Waals surface area contributed by atoms with Crippen LogP contribution in [0.15, 0.2) is 17.0 Å². The van der Waals surface area contributed by atoms with Gasteiger partial charge in [0.25, 0.3) is 0 Å². The van der Waals surface area contributed by atoms with Crippen molar-refractivity contribution in [2.75, 3.05) is 6.54 Å². The molecule has 1 aromatic rings. The maximum Gasteiger partial charge on any atom is 0.336 e. The molecule has 1 aliphatic carbocycles. The van der Waals surface area contributed by atoms with Gasteiger partial charge in [-0.2, -0.15) is 0 Å². The van der Waals surface area contributed by atoms with E-state index in [2.05, 4.69) is 11.6 Å². The smallest absolute Gasteiger partial charge is 0.336 e. The average molecular weight is 318 g/mol. The summed E-state index contributed by atoms with van der Waals surface area (Å²) < 4.78 is 27.0. The molecule has 0 radical (unpaired) electrons. The molecule has 0 heterocycles. The Morgan fingerprint density at radius 3 is 2.60 bits per heavy atom. The summed E-state index contributed by atoms with van der Waals surface area (Å²) >= 11 is 5.81. The van der Waals surface area contributed by atoms with E-state index in [0.29, 0.717) is 18.4 Å². The predicted octanol–water partition coefficient (Wildman–Crippen LogP) is 2.28. The second kappa shape index (κ2) is 5.35. The molecular formula is C13H16ClNO4S. The molecule has 2 N–H and O–H groups in total. The van der Waals surface area contributed by atoms with Crippen LogP contribution in [0.5, 0.6) is 0 Å². The lowest BCUT2D eigenvalue weighted by Crippen LogP contribution is -2.27. The monoisotopic (exact) mass is 317 g/mol. The molecule has 110 valence electrons. The lowest BCUT2D eigenvalue weighted by molar-refractivity contribution is 0.0696. The van der Waals surface area contributed by atoms with Gasteiger partial charge in [0.2, 0.25) is 10.0 Å². The molecule has 0 amide bonds. The quantitative estimate of drug-likeness (QED) is 0.872. The van der Waals surface area contributed by atoms with Gasteiger partial charge in [-0.25, -0.2) is 17.9 Å². The van der Waals surface area contributed by atoms with Crippen molar-refractivity contribution in [3.05, 3.63) is 28.3 Å². The van der Waals surface area contributed by atoms with Crippen molar-refractivity contribution < 1.29 is 18.3 Å². The molecule has 2 atom stereocenters. The average Bonchev–Trinajstić information content (AvgIpc) is 3.05. The minimum atomic E-state index is -3.75. The molecule has 0 spiro atoms. The zero-order valence-electron chi connectivity index (χ0n) is 11.2. The molecule has 1 aliphatic rings. The highest BCUT2D eigenvalue weighted by Gasteiger charge is 2.33. The zero-order valence-corrected chi connectivity index (χ0v) is 12.8. The fourth-order valence-electron chi connectivity index (χ4n) is 2.13. The summed E-state index contributed by atoms with van der Waals surface area (Å²) in [7, 11) is -3.75. The Labute approximate surface area is 123 Å². The van der Waals surface area contributed by atoms with Crippen molar-refractivity contribution in [3.63, 3.8) is 0 Å². The van der Waals surface area contributed by atoms with Crippen molar-refractivity contribution in [3.8, 4) is 0 Å². The first kappa shape index (κ1) is 15.3. The number of sulfonamides is 1. The van der Waals surface area contributed by atoms with Crippen LogP contribution in [-0.2, 0) is 10.0 Å². The van der Waals surface area contributed by atoms with E-state index in [9.17, 15) is 13.2 Å². The number of aromatic carboxylic acids is 1. The van der Waals surface area contributed by atoms with Crippen LogP contribution < -0.4 is 4.72 Å². The van der Waals surface area contributed by atoms with Crippen LogP contribution in [0.25, 0.3) is 0 Å². The van der Waals surface area contributed by atoms with E-state index in [4.69, 9.17) is 16.7 Å². The fraction of sp³-hybridized carbons (Fsp3) is 0.462. The van der Waals surface area contributed by atoms with Crippen LogP contribution in [-0.4, -0.2) is 26.0 Å². The molecule has 20 heavy (non-hydrogen) atoms. The zero-order chi connectivity index (χ0) is 15.1. The largest absolute Gasteiger partial charge is 0.478 e. The third-order valence-electron chi connectivity index (χ3n) is 3.66. The standard InChI is InChI=1S/C13H16ClNO4S/c1-7-3-9(7)6-15-20(18,19)12-5-10(14)4-11(8(12)2)13(16)17/h4-5,7,9,15H,3,6H2,1-2H3,(H,16,17). The van der Waals surface area contributed by atoms with Gasteiger partial charge in [0.1, 0.15) is 0 Å². The maximum atomic E-state index is 12.3. The number of halogens is 1. The molecule has 1 saturated carbocycles. The summed E-state index contributed by atoms with van der Waals surface area (Å²) in [5.74, 6) is -0.298. The number of rotatable bonds is 5. The Morgan fingerprint density at radius 2 is 2.10 bits per heavy atom. The molecule has 1 aromatic carbocycles. The minimum Gasteiger partial charge on any atom is -0.478 e. The number of carboxylic acids is 1. The van der Waals surface area contributed by atoms with Gasteiger partial charge in [0.05, 0.1) is 10.5 Å². The summed E-state index contributed by atoms with van der Waals surface area (Å²) in [6, 6.07) is 2.53. The fourth-order valence-corrected chi connectivity index (χ4v) is 3.80. The Balaban J connectivity index is 2.33. The van der Waals surface area contributed by atoms with Gasteiger partial charge in [-0.3, -0.25) is 0 Å². The molecule has 2 unspecified atom stereocenters. The first-order valence-electron chi connectivity index (χ1n) is 6.25. The Morgan fingerprint density at radius 1 is 1.50 bits per heavy atom. The number of carbonyl (C=O) groups is 1. The lowest BCUT2D eigenvalue weighted by atomic mass is 10.1. The number of hydrogen-bond acceptors (Lipinski definition) is 3. The molecule has 7 heteroatoms. The van der Waals surface area contributed by atoms with Crippen LogP contribution >= 0.6 is 11.6 Å². The highest BCUT2D eigenvalue weighted by Crippen LogP contribution is 2.37. The molecule has 2 rings (SSSR count). The third-order valence-corrected chi connectivity index (χ3v) is 5.42. The van der Waals surface area contributed by atoms with E-state index >= 15 is 0 Å². The molecular weight excluding hydrogens is 302 g/mol. The van der Waals surface area contributed by atoms with Gasteiger partial charge >= 0.3 is 5.97 Å². The van der Waals surface area contributed by atoms with Crippen molar-refractivity contribution in [1.82, 2.24) is 4.72 Å². The summed E-state index contributed by atoms with van der Waals surface area (Å²) in [4.78, 5) is 11.0. The van der Waals surface area contributed by atoms with Crippen LogP contribution in [0.2, 0.25) is 5.02 Å². The molecule has 1 fully saturated rings. The van der Waals surface area contributed by atoms with Gasteiger partial charge < -0.3 is 5.11 Å². The van der Waals surface area contributed by atoms with E-state index in [1.807, 2.05) is 0 Å². The van der Waals surface area contributed by atoms with E-state index in [-0.39, 0.29) is 21.0 Å². The highest BCUT2D eigenvalue weighted by atomic mass is 35.5. The van der Waals surface area contributed by atoms with E-state index in [1.165, 1.54) is 19.1 Å². The normalized spacial score (nSPS) is 21.8. The van der Waals surface area contributed by atoms with Crippen LogP contribution in [0.1, 0.15) is 29.3 Å². The highest BCUT2D eigenvalue weighted by molar-refractivity contribution is 7.89. The lowest BCUT2D eigenvalue weighted by Gasteiger charge is -2.11. The van der Waals surface area contributed by atoms with Crippen LogP contribution in [0.3, 0.4) is 0 Å². The topological polar surface area (TPSA) is 83.5 Å². The number of hydrogen-bond donors (Lipinski definition) is 2. The first-order valence-corrected chi connectivity index (χ1v) is 8.11. The van der Waals surface area contributed by atoms with Gasteiger partial charge in [-0.1, -0.05) is 18.5 Å². The summed E-state index contributed by atoms with van der Waals surface area (Å²) in [6.07, 6.45) is 1.01. The summed E-state index contributed by atoms with van der Waals surface area (Å²) in [6.45, 7) is 3.90. The van der Waals surface area contributed by atoms with E-state index < -0.39 is 16.0 Å².